The first-order valence-electron chi connectivity index (χ1n) is 5.90. The summed E-state index contributed by atoms with van der Waals surface area (Å²) in [5.74, 6) is -0.787. The molecule has 100 valence electrons. The van der Waals surface area contributed by atoms with E-state index in [1.165, 1.54) is 0 Å². The minimum atomic E-state index is -0.787. The van der Waals surface area contributed by atoms with Crippen molar-refractivity contribution in [2.75, 3.05) is 11.4 Å². The standard InChI is InChI=1S/C14H14ClNO2S/c15-11-8-13(19-10-11)9-16(7-6-14(17)18)12-4-2-1-3-5-12/h1-5,8,10H,6-7,9H2,(H,17,18). The zero-order valence-corrected chi connectivity index (χ0v) is 11.8. The molecule has 0 saturated heterocycles. The van der Waals surface area contributed by atoms with Crippen LogP contribution in [0, 0.1) is 0 Å². The highest BCUT2D eigenvalue weighted by Gasteiger charge is 2.10. The summed E-state index contributed by atoms with van der Waals surface area (Å²) in [6, 6.07) is 11.7. The van der Waals surface area contributed by atoms with Gasteiger partial charge in [0.25, 0.3) is 0 Å². The highest BCUT2D eigenvalue weighted by molar-refractivity contribution is 7.10. The second-order valence-corrected chi connectivity index (χ2v) is 5.56. The predicted octanol–water partition coefficient (Wildman–Crippen LogP) is 3.88. The molecule has 2 aromatic rings. The molecule has 0 aliphatic carbocycles. The molecule has 0 atom stereocenters. The number of aliphatic carboxylic acids is 1. The summed E-state index contributed by atoms with van der Waals surface area (Å²) in [4.78, 5) is 13.9. The van der Waals surface area contributed by atoms with Gasteiger partial charge < -0.3 is 10.0 Å². The molecule has 0 amide bonds. The topological polar surface area (TPSA) is 40.5 Å². The number of benzene rings is 1. The third-order valence-electron chi connectivity index (χ3n) is 2.69. The Bertz CT molecular complexity index is 541. The number of carboxylic acids is 1. The zero-order valence-electron chi connectivity index (χ0n) is 10.3. The molecule has 1 aromatic carbocycles. The van der Waals surface area contributed by atoms with Crippen molar-refractivity contribution in [3.05, 3.63) is 51.7 Å². The van der Waals surface area contributed by atoms with Gasteiger partial charge in [0.05, 0.1) is 18.0 Å². The Hall–Kier alpha value is -1.52. The lowest BCUT2D eigenvalue weighted by Gasteiger charge is -2.23. The highest BCUT2D eigenvalue weighted by atomic mass is 35.5. The van der Waals surface area contributed by atoms with Gasteiger partial charge in [-0.2, -0.15) is 0 Å². The molecule has 19 heavy (non-hydrogen) atoms. The van der Waals surface area contributed by atoms with Gasteiger partial charge in [-0.25, -0.2) is 0 Å². The Morgan fingerprint density at radius 2 is 2.05 bits per heavy atom. The molecule has 5 heteroatoms. The first kappa shape index (κ1) is 13.9. The third-order valence-corrected chi connectivity index (χ3v) is 3.95. The van der Waals surface area contributed by atoms with Gasteiger partial charge in [0.1, 0.15) is 0 Å². The van der Waals surface area contributed by atoms with Crippen LogP contribution < -0.4 is 4.90 Å². The second-order valence-electron chi connectivity index (χ2n) is 4.13. The smallest absolute Gasteiger partial charge is 0.305 e. The first-order chi connectivity index (χ1) is 9.15. The largest absolute Gasteiger partial charge is 0.481 e. The average Bonchev–Trinajstić information content (AvgIpc) is 2.81. The molecule has 3 nitrogen and oxygen atoms in total. The predicted molar refractivity (Wildman–Crippen MR) is 79.1 cm³/mol. The van der Waals surface area contributed by atoms with Crippen molar-refractivity contribution in [1.29, 1.82) is 0 Å². The third kappa shape index (κ3) is 4.26. The molecule has 0 bridgehead atoms. The van der Waals surface area contributed by atoms with E-state index in [-0.39, 0.29) is 6.42 Å². The van der Waals surface area contributed by atoms with Gasteiger partial charge in [0.15, 0.2) is 0 Å². The SMILES string of the molecule is O=C(O)CCN(Cc1cc(Cl)cs1)c1ccccc1. The monoisotopic (exact) mass is 295 g/mol. The van der Waals surface area contributed by atoms with Crippen LogP contribution in [0.3, 0.4) is 0 Å². The molecular weight excluding hydrogens is 282 g/mol. The molecule has 1 N–H and O–H groups in total. The van der Waals surface area contributed by atoms with E-state index in [1.807, 2.05) is 41.8 Å². The zero-order chi connectivity index (χ0) is 13.7. The van der Waals surface area contributed by atoms with E-state index < -0.39 is 5.97 Å². The minimum absolute atomic E-state index is 0.119. The Kier molecular flexibility index (Phi) is 4.82. The molecular formula is C14H14ClNO2S. The van der Waals surface area contributed by atoms with Crippen LogP contribution in [0.25, 0.3) is 0 Å². The molecule has 1 aromatic heterocycles. The fraction of sp³-hybridized carbons (Fsp3) is 0.214. The van der Waals surface area contributed by atoms with E-state index in [2.05, 4.69) is 4.90 Å². The summed E-state index contributed by atoms with van der Waals surface area (Å²) in [7, 11) is 0. The number of carbonyl (C=O) groups is 1. The summed E-state index contributed by atoms with van der Waals surface area (Å²) in [6.45, 7) is 1.16. The Morgan fingerprint density at radius 3 is 2.63 bits per heavy atom. The van der Waals surface area contributed by atoms with Gasteiger partial charge in [0.2, 0.25) is 0 Å². The number of hydrogen-bond donors (Lipinski definition) is 1. The molecule has 2 rings (SSSR count). The first-order valence-corrected chi connectivity index (χ1v) is 7.15. The molecule has 0 saturated carbocycles. The van der Waals surface area contributed by atoms with Crippen LogP contribution in [-0.2, 0) is 11.3 Å². The van der Waals surface area contributed by atoms with Gasteiger partial charge in [-0.05, 0) is 18.2 Å². The number of nitrogens with zero attached hydrogens (tertiary/aromatic N) is 1. The van der Waals surface area contributed by atoms with E-state index in [9.17, 15) is 4.79 Å². The second kappa shape index (κ2) is 6.59. The fourth-order valence-electron chi connectivity index (χ4n) is 1.79. The lowest BCUT2D eigenvalue weighted by Crippen LogP contribution is -2.25. The summed E-state index contributed by atoms with van der Waals surface area (Å²) in [5, 5.41) is 11.4. The van der Waals surface area contributed by atoms with Crippen molar-refractivity contribution in [2.24, 2.45) is 0 Å². The van der Waals surface area contributed by atoms with Crippen LogP contribution in [0.5, 0.6) is 0 Å². The number of hydrogen-bond acceptors (Lipinski definition) is 3. The van der Waals surface area contributed by atoms with Crippen LogP contribution >= 0.6 is 22.9 Å². The maximum absolute atomic E-state index is 10.7. The van der Waals surface area contributed by atoms with Gasteiger partial charge in [-0.3, -0.25) is 4.79 Å². The lowest BCUT2D eigenvalue weighted by molar-refractivity contribution is -0.136. The number of carboxylic acid groups (broad SMARTS) is 1. The van der Waals surface area contributed by atoms with E-state index in [1.54, 1.807) is 11.3 Å². The highest BCUT2D eigenvalue weighted by Crippen LogP contribution is 2.23. The van der Waals surface area contributed by atoms with Crippen molar-refractivity contribution in [3.8, 4) is 0 Å². The normalized spacial score (nSPS) is 10.4. The number of rotatable bonds is 6. The maximum atomic E-state index is 10.7. The van der Waals surface area contributed by atoms with Crippen LogP contribution in [-0.4, -0.2) is 17.6 Å². The number of halogens is 1. The minimum Gasteiger partial charge on any atom is -0.481 e. The van der Waals surface area contributed by atoms with E-state index in [0.29, 0.717) is 13.1 Å². The van der Waals surface area contributed by atoms with Crippen molar-refractivity contribution < 1.29 is 9.90 Å². The van der Waals surface area contributed by atoms with Gasteiger partial charge in [0, 0.05) is 22.5 Å². The Balaban J connectivity index is 2.12. The number of anilines is 1. The van der Waals surface area contributed by atoms with E-state index in [0.717, 1.165) is 15.6 Å². The van der Waals surface area contributed by atoms with Crippen LogP contribution in [0.2, 0.25) is 5.02 Å². The van der Waals surface area contributed by atoms with Crippen LogP contribution in [0.15, 0.2) is 41.8 Å². The molecule has 1 heterocycles. The van der Waals surface area contributed by atoms with Gasteiger partial charge >= 0.3 is 5.97 Å². The molecule has 0 unspecified atom stereocenters. The average molecular weight is 296 g/mol. The fourth-order valence-corrected chi connectivity index (χ4v) is 2.88. The van der Waals surface area contributed by atoms with Crippen molar-refractivity contribution in [2.45, 2.75) is 13.0 Å². The van der Waals surface area contributed by atoms with Crippen LogP contribution in [0.4, 0.5) is 5.69 Å². The van der Waals surface area contributed by atoms with Crippen molar-refractivity contribution in [3.63, 3.8) is 0 Å². The van der Waals surface area contributed by atoms with Crippen molar-refractivity contribution in [1.82, 2.24) is 0 Å². The summed E-state index contributed by atoms with van der Waals surface area (Å²) < 4.78 is 0. The molecule has 0 aliphatic heterocycles. The maximum Gasteiger partial charge on any atom is 0.305 e. The quantitative estimate of drug-likeness (QED) is 0.879. The van der Waals surface area contributed by atoms with Crippen LogP contribution in [0.1, 0.15) is 11.3 Å². The van der Waals surface area contributed by atoms with Crippen molar-refractivity contribution >= 4 is 34.6 Å². The number of para-hydroxylation sites is 1. The van der Waals surface area contributed by atoms with Gasteiger partial charge in [-0.1, -0.05) is 29.8 Å². The Morgan fingerprint density at radius 1 is 1.32 bits per heavy atom. The Labute approximate surface area is 121 Å². The molecule has 0 fully saturated rings. The summed E-state index contributed by atoms with van der Waals surface area (Å²) >= 11 is 7.50. The van der Waals surface area contributed by atoms with Gasteiger partial charge in [-0.15, -0.1) is 11.3 Å². The summed E-state index contributed by atoms with van der Waals surface area (Å²) in [6.07, 6.45) is 0.119. The van der Waals surface area contributed by atoms with E-state index in [4.69, 9.17) is 16.7 Å². The summed E-state index contributed by atoms with van der Waals surface area (Å²) in [5.41, 5.74) is 1.02. The molecule has 0 aliphatic rings. The van der Waals surface area contributed by atoms with E-state index >= 15 is 0 Å². The lowest BCUT2D eigenvalue weighted by atomic mass is 10.2. The molecule has 0 spiro atoms. The number of thiophene rings is 1. The molecule has 0 radical (unpaired) electrons.